The third-order valence-corrected chi connectivity index (χ3v) is 2.34. The number of hydrogen-bond acceptors (Lipinski definition) is 2. The molecule has 0 atom stereocenters. The highest BCUT2D eigenvalue weighted by atomic mass is 15.1. The molecule has 1 aromatic carbocycles. The predicted octanol–water partition coefficient (Wildman–Crippen LogP) is 2.26. The van der Waals surface area contributed by atoms with Gasteiger partial charge in [0.05, 0.1) is 11.0 Å². The number of nitrogens with zero attached hydrogens (tertiary/aromatic N) is 2. The van der Waals surface area contributed by atoms with E-state index >= 15 is 0 Å². The monoisotopic (exact) mass is 198 g/mol. The first-order valence-corrected chi connectivity index (χ1v) is 4.80. The van der Waals surface area contributed by atoms with Gasteiger partial charge in [-0.15, -0.1) is 0 Å². The zero-order valence-corrected chi connectivity index (χ0v) is 8.28. The third-order valence-electron chi connectivity index (χ3n) is 2.34. The Morgan fingerprint density at radius 3 is 2.80 bits per heavy atom. The van der Waals surface area contributed by atoms with Crippen molar-refractivity contribution >= 4 is 11.0 Å². The van der Waals surface area contributed by atoms with Crippen LogP contribution in [0.4, 0.5) is 0 Å². The zero-order valence-electron chi connectivity index (χ0n) is 8.28. The summed E-state index contributed by atoms with van der Waals surface area (Å²) in [6, 6.07) is 9.92. The molecular weight excluding hydrogens is 188 g/mol. The van der Waals surface area contributed by atoms with Crippen LogP contribution in [0.3, 0.4) is 0 Å². The maximum Gasteiger partial charge on any atom is 0.159 e. The number of aromatic nitrogens is 4. The minimum atomic E-state index is 0.806. The molecule has 15 heavy (non-hydrogen) atoms. The van der Waals surface area contributed by atoms with Crippen LogP contribution in [0.15, 0.2) is 30.3 Å². The quantitative estimate of drug-likeness (QED) is 0.630. The lowest BCUT2D eigenvalue weighted by atomic mass is 10.3. The maximum atomic E-state index is 4.46. The Labute approximate surface area is 86.4 Å². The number of H-pyrrole nitrogens is 2. The van der Waals surface area contributed by atoms with Crippen molar-refractivity contribution in [1.82, 2.24) is 20.2 Å². The molecule has 0 saturated heterocycles. The fourth-order valence-electron chi connectivity index (χ4n) is 1.61. The van der Waals surface area contributed by atoms with E-state index in [1.807, 2.05) is 37.3 Å². The molecule has 0 amide bonds. The van der Waals surface area contributed by atoms with E-state index in [0.29, 0.717) is 0 Å². The lowest BCUT2D eigenvalue weighted by Crippen LogP contribution is -1.79. The van der Waals surface area contributed by atoms with E-state index in [9.17, 15) is 0 Å². The molecule has 0 aliphatic heterocycles. The van der Waals surface area contributed by atoms with Gasteiger partial charge in [-0.3, -0.25) is 5.10 Å². The van der Waals surface area contributed by atoms with E-state index in [-0.39, 0.29) is 0 Å². The van der Waals surface area contributed by atoms with Crippen molar-refractivity contribution in [1.29, 1.82) is 0 Å². The van der Waals surface area contributed by atoms with Gasteiger partial charge in [-0.2, -0.15) is 5.10 Å². The molecule has 0 aliphatic rings. The number of fused-ring (bicyclic) bond motifs is 1. The smallest absolute Gasteiger partial charge is 0.159 e. The molecule has 4 nitrogen and oxygen atoms in total. The molecule has 3 rings (SSSR count). The summed E-state index contributed by atoms with van der Waals surface area (Å²) in [4.78, 5) is 7.69. The Balaban J connectivity index is 2.19. The second-order valence-corrected chi connectivity index (χ2v) is 3.54. The maximum absolute atomic E-state index is 4.46. The van der Waals surface area contributed by atoms with Gasteiger partial charge >= 0.3 is 0 Å². The Kier molecular flexibility index (Phi) is 1.62. The fourth-order valence-corrected chi connectivity index (χ4v) is 1.61. The van der Waals surface area contributed by atoms with Gasteiger partial charge in [0.15, 0.2) is 5.82 Å². The molecule has 2 N–H and O–H groups in total. The van der Waals surface area contributed by atoms with Gasteiger partial charge in [0, 0.05) is 5.69 Å². The Hall–Kier alpha value is -2.10. The average Bonchev–Trinajstić information content (AvgIpc) is 2.82. The van der Waals surface area contributed by atoms with Gasteiger partial charge in [-0.05, 0) is 25.1 Å². The molecule has 0 radical (unpaired) electrons. The van der Waals surface area contributed by atoms with Crippen LogP contribution >= 0.6 is 0 Å². The van der Waals surface area contributed by atoms with Crippen molar-refractivity contribution in [3.05, 3.63) is 36.0 Å². The summed E-state index contributed by atoms with van der Waals surface area (Å²) in [7, 11) is 0. The normalized spacial score (nSPS) is 11.0. The van der Waals surface area contributed by atoms with Gasteiger partial charge in [-0.1, -0.05) is 12.1 Å². The first-order valence-electron chi connectivity index (χ1n) is 4.80. The molecule has 0 saturated carbocycles. The molecular formula is C11H10N4. The molecule has 74 valence electrons. The van der Waals surface area contributed by atoms with Crippen molar-refractivity contribution < 1.29 is 0 Å². The highest BCUT2D eigenvalue weighted by molar-refractivity contribution is 5.78. The summed E-state index contributed by atoms with van der Waals surface area (Å²) in [6.45, 7) is 1.97. The number of nitrogens with one attached hydrogen (secondary N) is 2. The molecule has 0 bridgehead atoms. The van der Waals surface area contributed by atoms with Crippen LogP contribution < -0.4 is 0 Å². The van der Waals surface area contributed by atoms with Crippen molar-refractivity contribution in [2.45, 2.75) is 6.92 Å². The lowest BCUT2D eigenvalue weighted by molar-refractivity contribution is 1.04. The first-order chi connectivity index (χ1) is 7.33. The summed E-state index contributed by atoms with van der Waals surface area (Å²) in [5.74, 6) is 0.806. The van der Waals surface area contributed by atoms with Crippen molar-refractivity contribution in [2.75, 3.05) is 0 Å². The zero-order chi connectivity index (χ0) is 10.3. The van der Waals surface area contributed by atoms with E-state index in [1.165, 1.54) is 0 Å². The Morgan fingerprint density at radius 1 is 1.20 bits per heavy atom. The highest BCUT2D eigenvalue weighted by Crippen LogP contribution is 2.18. The number of benzene rings is 1. The molecule has 4 heteroatoms. The molecule has 2 aromatic heterocycles. The summed E-state index contributed by atoms with van der Waals surface area (Å²) >= 11 is 0. The summed E-state index contributed by atoms with van der Waals surface area (Å²) in [5, 5.41) is 7.06. The van der Waals surface area contributed by atoms with Crippen LogP contribution in [0.1, 0.15) is 5.69 Å². The minimum absolute atomic E-state index is 0.806. The van der Waals surface area contributed by atoms with E-state index in [4.69, 9.17) is 0 Å². The van der Waals surface area contributed by atoms with Crippen molar-refractivity contribution in [3.8, 4) is 11.5 Å². The van der Waals surface area contributed by atoms with Gasteiger partial charge in [0.25, 0.3) is 0 Å². The predicted molar refractivity (Wildman–Crippen MR) is 58.4 cm³/mol. The third kappa shape index (κ3) is 1.30. The molecule has 0 unspecified atom stereocenters. The minimum Gasteiger partial charge on any atom is -0.337 e. The molecule has 0 fully saturated rings. The number of hydrogen-bond donors (Lipinski definition) is 2. The van der Waals surface area contributed by atoms with Crippen LogP contribution in [-0.4, -0.2) is 20.2 Å². The van der Waals surface area contributed by atoms with Crippen LogP contribution in [0, 0.1) is 6.92 Å². The van der Waals surface area contributed by atoms with E-state index in [2.05, 4.69) is 20.2 Å². The number of aromatic amines is 2. The van der Waals surface area contributed by atoms with Gasteiger partial charge in [0.1, 0.15) is 5.69 Å². The van der Waals surface area contributed by atoms with Crippen LogP contribution in [-0.2, 0) is 0 Å². The Bertz CT molecular complexity index is 573. The van der Waals surface area contributed by atoms with E-state index in [0.717, 1.165) is 28.2 Å². The van der Waals surface area contributed by atoms with Crippen LogP contribution in [0.2, 0.25) is 0 Å². The molecule has 0 spiro atoms. The van der Waals surface area contributed by atoms with Crippen molar-refractivity contribution in [3.63, 3.8) is 0 Å². The summed E-state index contributed by atoms with van der Waals surface area (Å²) in [6.07, 6.45) is 0. The highest BCUT2D eigenvalue weighted by Gasteiger charge is 2.06. The topological polar surface area (TPSA) is 57.4 Å². The summed E-state index contributed by atoms with van der Waals surface area (Å²) in [5.41, 5.74) is 3.88. The van der Waals surface area contributed by atoms with E-state index < -0.39 is 0 Å². The van der Waals surface area contributed by atoms with E-state index in [1.54, 1.807) is 0 Å². The average molecular weight is 198 g/mol. The van der Waals surface area contributed by atoms with Gasteiger partial charge < -0.3 is 4.98 Å². The van der Waals surface area contributed by atoms with Crippen LogP contribution in [0.25, 0.3) is 22.6 Å². The molecule has 2 heterocycles. The first kappa shape index (κ1) is 8.23. The largest absolute Gasteiger partial charge is 0.337 e. The Morgan fingerprint density at radius 2 is 2.07 bits per heavy atom. The SMILES string of the molecule is Cc1cc(-c2nc3ccccc3[nH]2)n[nH]1. The standard InChI is InChI=1S/C11H10N4/c1-7-6-10(15-14-7)11-12-8-4-2-3-5-9(8)13-11/h2-6H,1H3,(H,12,13)(H,14,15). The van der Waals surface area contributed by atoms with Gasteiger partial charge in [0.2, 0.25) is 0 Å². The second-order valence-electron chi connectivity index (χ2n) is 3.54. The number of rotatable bonds is 1. The number of aryl methyl sites for hydroxylation is 1. The molecule has 3 aromatic rings. The fraction of sp³-hybridized carbons (Fsp3) is 0.0909. The second kappa shape index (κ2) is 2.95. The molecule has 0 aliphatic carbocycles. The lowest BCUT2D eigenvalue weighted by Gasteiger charge is -1.84. The van der Waals surface area contributed by atoms with Crippen LogP contribution in [0.5, 0.6) is 0 Å². The number of imidazole rings is 1. The van der Waals surface area contributed by atoms with Crippen molar-refractivity contribution in [2.24, 2.45) is 0 Å². The summed E-state index contributed by atoms with van der Waals surface area (Å²) < 4.78 is 0. The van der Waals surface area contributed by atoms with Gasteiger partial charge in [-0.25, -0.2) is 4.98 Å². The number of para-hydroxylation sites is 2.